The predicted octanol–water partition coefficient (Wildman–Crippen LogP) is 2.35. The van der Waals surface area contributed by atoms with Crippen molar-refractivity contribution < 1.29 is 14.7 Å². The molecule has 0 spiro atoms. The van der Waals surface area contributed by atoms with Crippen LogP contribution in [-0.2, 0) is 9.59 Å². The molecule has 4 nitrogen and oxygen atoms in total. The molecule has 96 valence electrons. The van der Waals surface area contributed by atoms with Gasteiger partial charge in [0.2, 0.25) is 5.91 Å². The second-order valence-corrected chi connectivity index (χ2v) is 5.49. The van der Waals surface area contributed by atoms with Crippen LogP contribution < -0.4 is 5.32 Å². The van der Waals surface area contributed by atoms with Crippen molar-refractivity contribution in [3.05, 3.63) is 34.3 Å². The summed E-state index contributed by atoms with van der Waals surface area (Å²) < 4.78 is 0.955. The van der Waals surface area contributed by atoms with E-state index in [1.807, 2.05) is 31.2 Å². The minimum absolute atomic E-state index is 0.120. The number of carbonyl (C=O) groups excluding carboxylic acids is 1. The number of carbonyl (C=O) groups is 2. The summed E-state index contributed by atoms with van der Waals surface area (Å²) in [6, 6.07) is 7.56. The largest absolute Gasteiger partial charge is 0.481 e. The van der Waals surface area contributed by atoms with Crippen LogP contribution in [0.4, 0.5) is 0 Å². The van der Waals surface area contributed by atoms with Gasteiger partial charge in [0.25, 0.3) is 0 Å². The third-order valence-corrected chi connectivity index (χ3v) is 3.65. The Bertz CT molecular complexity index is 489. The number of rotatable bonds is 4. The molecular formula is C13H14BrNO3. The van der Waals surface area contributed by atoms with Gasteiger partial charge in [-0.05, 0) is 31.0 Å². The molecule has 18 heavy (non-hydrogen) atoms. The zero-order valence-corrected chi connectivity index (χ0v) is 11.5. The van der Waals surface area contributed by atoms with Crippen molar-refractivity contribution in [1.82, 2.24) is 5.32 Å². The summed E-state index contributed by atoms with van der Waals surface area (Å²) in [7, 11) is 0. The van der Waals surface area contributed by atoms with E-state index in [9.17, 15) is 9.59 Å². The van der Waals surface area contributed by atoms with E-state index in [2.05, 4.69) is 21.2 Å². The molecule has 2 rings (SSSR count). The molecule has 1 saturated carbocycles. The second kappa shape index (κ2) is 5.10. The SMILES string of the molecule is C[C@H](NC(=O)[C@@H]1C[C@@H]1C(=O)O)c1cccc(Br)c1. The van der Waals surface area contributed by atoms with E-state index in [1.54, 1.807) is 0 Å². The highest BCUT2D eigenvalue weighted by molar-refractivity contribution is 9.10. The van der Waals surface area contributed by atoms with Crippen LogP contribution in [0.5, 0.6) is 0 Å². The van der Waals surface area contributed by atoms with E-state index >= 15 is 0 Å². The first-order chi connectivity index (χ1) is 8.49. The quantitative estimate of drug-likeness (QED) is 0.897. The molecule has 3 atom stereocenters. The number of carboxylic acids is 1. The average Bonchev–Trinajstić information content (AvgIpc) is 3.08. The first-order valence-corrected chi connectivity index (χ1v) is 6.57. The molecule has 1 aromatic rings. The standard InChI is InChI=1S/C13H14BrNO3/c1-7(8-3-2-4-9(14)5-8)15-12(16)10-6-11(10)13(17)18/h2-5,7,10-11H,6H2,1H3,(H,15,16)(H,17,18)/t7-,10+,11-/m0/s1. The average molecular weight is 312 g/mol. The molecule has 0 saturated heterocycles. The Balaban J connectivity index is 1.94. The maximum Gasteiger partial charge on any atom is 0.307 e. The van der Waals surface area contributed by atoms with Gasteiger partial charge in [0.05, 0.1) is 17.9 Å². The van der Waals surface area contributed by atoms with Crippen molar-refractivity contribution in [3.63, 3.8) is 0 Å². The van der Waals surface area contributed by atoms with E-state index in [0.29, 0.717) is 6.42 Å². The summed E-state index contributed by atoms with van der Waals surface area (Å²) in [5.41, 5.74) is 0.991. The molecule has 1 aliphatic rings. The van der Waals surface area contributed by atoms with Crippen molar-refractivity contribution in [3.8, 4) is 0 Å². The second-order valence-electron chi connectivity index (χ2n) is 4.57. The number of halogens is 1. The molecule has 1 amide bonds. The molecule has 5 heteroatoms. The molecule has 0 radical (unpaired) electrons. The molecule has 0 bridgehead atoms. The van der Waals surface area contributed by atoms with Gasteiger partial charge in [-0.15, -0.1) is 0 Å². The molecule has 2 N–H and O–H groups in total. The van der Waals surface area contributed by atoms with Crippen LogP contribution in [0.1, 0.15) is 24.9 Å². The smallest absolute Gasteiger partial charge is 0.307 e. The Labute approximate surface area is 114 Å². The van der Waals surface area contributed by atoms with E-state index < -0.39 is 11.9 Å². The summed E-state index contributed by atoms with van der Waals surface area (Å²) >= 11 is 3.38. The predicted molar refractivity (Wildman–Crippen MR) is 69.9 cm³/mol. The van der Waals surface area contributed by atoms with Gasteiger partial charge in [-0.2, -0.15) is 0 Å². The van der Waals surface area contributed by atoms with Crippen molar-refractivity contribution in [2.24, 2.45) is 11.8 Å². The topological polar surface area (TPSA) is 66.4 Å². The molecule has 1 aromatic carbocycles. The van der Waals surface area contributed by atoms with Gasteiger partial charge in [-0.25, -0.2) is 0 Å². The zero-order chi connectivity index (χ0) is 13.3. The van der Waals surface area contributed by atoms with Gasteiger partial charge < -0.3 is 10.4 Å². The molecule has 0 aliphatic heterocycles. The molecule has 0 unspecified atom stereocenters. The van der Waals surface area contributed by atoms with E-state index in [-0.39, 0.29) is 17.9 Å². The summed E-state index contributed by atoms with van der Waals surface area (Å²) in [5.74, 6) is -1.92. The molecular weight excluding hydrogens is 298 g/mol. The Morgan fingerprint density at radius 2 is 2.17 bits per heavy atom. The Morgan fingerprint density at radius 3 is 2.72 bits per heavy atom. The molecule has 1 aliphatic carbocycles. The molecule has 0 heterocycles. The fourth-order valence-corrected chi connectivity index (χ4v) is 2.35. The van der Waals surface area contributed by atoms with Crippen LogP contribution in [-0.4, -0.2) is 17.0 Å². The number of amides is 1. The third-order valence-electron chi connectivity index (χ3n) is 3.15. The van der Waals surface area contributed by atoms with Gasteiger partial charge >= 0.3 is 5.97 Å². The minimum atomic E-state index is -0.884. The lowest BCUT2D eigenvalue weighted by atomic mass is 10.1. The van der Waals surface area contributed by atoms with Crippen molar-refractivity contribution in [2.75, 3.05) is 0 Å². The Hall–Kier alpha value is -1.36. The highest BCUT2D eigenvalue weighted by atomic mass is 79.9. The van der Waals surface area contributed by atoms with Crippen LogP contribution in [0.15, 0.2) is 28.7 Å². The summed E-state index contributed by atoms with van der Waals surface area (Å²) in [6.45, 7) is 1.89. The maximum absolute atomic E-state index is 11.8. The lowest BCUT2D eigenvalue weighted by Gasteiger charge is -2.14. The van der Waals surface area contributed by atoms with Gasteiger partial charge in [0, 0.05) is 4.47 Å². The number of benzene rings is 1. The lowest BCUT2D eigenvalue weighted by Crippen LogP contribution is -2.29. The number of nitrogens with one attached hydrogen (secondary N) is 1. The normalized spacial score (nSPS) is 23.2. The van der Waals surface area contributed by atoms with E-state index in [0.717, 1.165) is 10.0 Å². The Morgan fingerprint density at radius 1 is 1.44 bits per heavy atom. The summed E-state index contributed by atoms with van der Waals surface area (Å²) in [5, 5.41) is 11.6. The van der Waals surface area contributed by atoms with Gasteiger partial charge in [-0.1, -0.05) is 28.1 Å². The number of aliphatic carboxylic acids is 1. The van der Waals surface area contributed by atoms with Crippen LogP contribution in [0.3, 0.4) is 0 Å². The van der Waals surface area contributed by atoms with Crippen molar-refractivity contribution >= 4 is 27.8 Å². The van der Waals surface area contributed by atoms with Crippen LogP contribution >= 0.6 is 15.9 Å². The van der Waals surface area contributed by atoms with E-state index in [4.69, 9.17) is 5.11 Å². The number of hydrogen-bond donors (Lipinski definition) is 2. The van der Waals surface area contributed by atoms with Crippen LogP contribution in [0.2, 0.25) is 0 Å². The highest BCUT2D eigenvalue weighted by Gasteiger charge is 2.48. The summed E-state index contributed by atoms with van der Waals surface area (Å²) in [6.07, 6.45) is 0.451. The van der Waals surface area contributed by atoms with Gasteiger partial charge in [0.15, 0.2) is 0 Å². The van der Waals surface area contributed by atoms with Crippen molar-refractivity contribution in [1.29, 1.82) is 0 Å². The monoisotopic (exact) mass is 311 g/mol. The van der Waals surface area contributed by atoms with Gasteiger partial charge in [0.1, 0.15) is 0 Å². The Kier molecular flexibility index (Phi) is 3.71. The first-order valence-electron chi connectivity index (χ1n) is 5.77. The summed E-state index contributed by atoms with van der Waals surface area (Å²) in [4.78, 5) is 22.5. The maximum atomic E-state index is 11.8. The fraction of sp³-hybridized carbons (Fsp3) is 0.385. The van der Waals surface area contributed by atoms with E-state index in [1.165, 1.54) is 0 Å². The van der Waals surface area contributed by atoms with Crippen molar-refractivity contribution in [2.45, 2.75) is 19.4 Å². The number of hydrogen-bond acceptors (Lipinski definition) is 2. The highest BCUT2D eigenvalue weighted by Crippen LogP contribution is 2.39. The minimum Gasteiger partial charge on any atom is -0.481 e. The molecule has 0 aromatic heterocycles. The van der Waals surface area contributed by atoms with Gasteiger partial charge in [-0.3, -0.25) is 9.59 Å². The lowest BCUT2D eigenvalue weighted by molar-refractivity contribution is -0.140. The first kappa shape index (κ1) is 13.1. The zero-order valence-electron chi connectivity index (χ0n) is 9.89. The van der Waals surface area contributed by atoms with Crippen LogP contribution in [0, 0.1) is 11.8 Å². The fourth-order valence-electron chi connectivity index (χ4n) is 1.94. The van der Waals surface area contributed by atoms with Crippen LogP contribution in [0.25, 0.3) is 0 Å². The number of carboxylic acid groups (broad SMARTS) is 1. The third kappa shape index (κ3) is 2.90. The molecule has 1 fully saturated rings.